The van der Waals surface area contributed by atoms with Crippen LogP contribution in [0, 0.1) is 0 Å². The highest BCUT2D eigenvalue weighted by atomic mass is 32.1. The number of hydrogen-bond acceptors (Lipinski definition) is 9. The topological polar surface area (TPSA) is 125 Å². The van der Waals surface area contributed by atoms with Crippen molar-refractivity contribution in [2.75, 3.05) is 21.3 Å². The Balaban J connectivity index is 1.88. The highest BCUT2D eigenvalue weighted by Crippen LogP contribution is 2.32. The van der Waals surface area contributed by atoms with Crippen molar-refractivity contribution in [3.05, 3.63) is 88.5 Å². The van der Waals surface area contributed by atoms with E-state index >= 15 is 0 Å². The van der Waals surface area contributed by atoms with Crippen LogP contribution in [-0.4, -0.2) is 52.9 Å². The molecule has 0 unspecified atom stereocenters. The molecule has 0 bridgehead atoms. The van der Waals surface area contributed by atoms with Gasteiger partial charge in [0.1, 0.15) is 11.0 Å². The first-order valence-electron chi connectivity index (χ1n) is 11.0. The number of carbonyl (C=O) groups excluding carboxylic acids is 2. The second-order valence-corrected chi connectivity index (χ2v) is 8.42. The van der Waals surface area contributed by atoms with Crippen molar-refractivity contribution in [2.45, 2.75) is 6.42 Å². The highest BCUT2D eigenvalue weighted by Gasteiger charge is 2.25. The molecule has 0 atom stereocenters. The van der Waals surface area contributed by atoms with Crippen LogP contribution in [0.5, 0.6) is 11.5 Å². The number of Topliss-reactive ketones (excluding diaryl/α,β-unsaturated/α-hetero) is 1. The van der Waals surface area contributed by atoms with Crippen LogP contribution in [0.1, 0.15) is 31.8 Å². The number of nitrogens with zero attached hydrogens (tertiary/aromatic N) is 2. The fourth-order valence-corrected chi connectivity index (χ4v) is 4.40. The van der Waals surface area contributed by atoms with Crippen LogP contribution in [0.2, 0.25) is 0 Å². The van der Waals surface area contributed by atoms with Crippen LogP contribution in [0.3, 0.4) is 0 Å². The molecule has 0 fully saturated rings. The van der Waals surface area contributed by atoms with E-state index in [9.17, 15) is 19.5 Å². The third-order valence-corrected chi connectivity index (χ3v) is 6.29. The standard InChI is InChI=1S/C27H22N2O7S/c1-34-22-11-9-18(14-23(22)35-2)25(30)19(12-15-4-6-16(7-5-15)27(33)36-3)24(26(31)32)17-8-10-20-21(13-17)29-37-28-20/h4-11,13-14H,12H2,1-3H3,(H,31,32)/b24-19+. The first kappa shape index (κ1) is 25.5. The van der Waals surface area contributed by atoms with E-state index in [4.69, 9.17) is 14.2 Å². The van der Waals surface area contributed by atoms with E-state index < -0.39 is 17.7 Å². The summed E-state index contributed by atoms with van der Waals surface area (Å²) >= 11 is 1.01. The molecule has 0 radical (unpaired) electrons. The van der Waals surface area contributed by atoms with Gasteiger partial charge in [0.05, 0.1) is 44.2 Å². The Hall–Kier alpha value is -4.57. The van der Waals surface area contributed by atoms with Crippen molar-refractivity contribution in [3.63, 3.8) is 0 Å². The molecule has 0 aliphatic carbocycles. The van der Waals surface area contributed by atoms with Gasteiger partial charge in [0.2, 0.25) is 0 Å². The first-order chi connectivity index (χ1) is 17.9. The van der Waals surface area contributed by atoms with Gasteiger partial charge in [-0.1, -0.05) is 18.2 Å². The number of carboxylic acids is 1. The van der Waals surface area contributed by atoms with E-state index in [0.717, 1.165) is 11.7 Å². The maximum Gasteiger partial charge on any atom is 0.337 e. The van der Waals surface area contributed by atoms with E-state index in [1.165, 1.54) is 27.4 Å². The molecule has 1 aromatic heterocycles. The number of methoxy groups -OCH3 is 3. The van der Waals surface area contributed by atoms with Gasteiger partial charge in [-0.15, -0.1) is 0 Å². The zero-order valence-electron chi connectivity index (χ0n) is 20.2. The first-order valence-corrected chi connectivity index (χ1v) is 11.7. The summed E-state index contributed by atoms with van der Waals surface area (Å²) in [5, 5.41) is 10.3. The molecule has 4 rings (SSSR count). The minimum absolute atomic E-state index is 0.0103. The average Bonchev–Trinajstić information content (AvgIpc) is 3.39. The van der Waals surface area contributed by atoms with E-state index in [2.05, 4.69) is 8.75 Å². The van der Waals surface area contributed by atoms with Crippen molar-refractivity contribution in [1.29, 1.82) is 0 Å². The molecule has 3 aromatic carbocycles. The molecule has 4 aromatic rings. The van der Waals surface area contributed by atoms with Crippen molar-refractivity contribution in [2.24, 2.45) is 0 Å². The van der Waals surface area contributed by atoms with Gasteiger partial charge >= 0.3 is 11.9 Å². The zero-order valence-corrected chi connectivity index (χ0v) is 21.0. The Kier molecular flexibility index (Phi) is 7.59. The van der Waals surface area contributed by atoms with Gasteiger partial charge in [-0.3, -0.25) is 4.79 Å². The summed E-state index contributed by atoms with van der Waals surface area (Å²) in [6.45, 7) is 0. The van der Waals surface area contributed by atoms with Crippen molar-refractivity contribution < 1.29 is 33.7 Å². The van der Waals surface area contributed by atoms with Crippen LogP contribution in [-0.2, 0) is 16.0 Å². The summed E-state index contributed by atoms with van der Waals surface area (Å²) < 4.78 is 23.7. The Morgan fingerprint density at radius 3 is 2.08 bits per heavy atom. The predicted molar refractivity (Wildman–Crippen MR) is 137 cm³/mol. The molecule has 9 nitrogen and oxygen atoms in total. The second kappa shape index (κ2) is 11.0. The molecule has 188 valence electrons. The number of carboxylic acid groups (broad SMARTS) is 1. The molecule has 0 spiro atoms. The molecule has 1 heterocycles. The van der Waals surface area contributed by atoms with Crippen molar-refractivity contribution >= 4 is 46.1 Å². The summed E-state index contributed by atoms with van der Waals surface area (Å²) in [5.41, 5.74) is 2.57. The molecule has 0 aliphatic rings. The van der Waals surface area contributed by atoms with E-state index in [0.29, 0.717) is 39.2 Å². The number of allylic oxidation sites excluding steroid dienone is 1. The SMILES string of the molecule is COC(=O)c1ccc(C/C(C(=O)c2ccc(OC)c(OC)c2)=C(\C(=O)O)c2ccc3nsnc3c2)cc1. The lowest BCUT2D eigenvalue weighted by molar-refractivity contribution is -0.130. The van der Waals surface area contributed by atoms with Gasteiger partial charge in [-0.05, 0) is 53.6 Å². The van der Waals surface area contributed by atoms with Crippen LogP contribution in [0.4, 0.5) is 0 Å². The lowest BCUT2D eigenvalue weighted by Gasteiger charge is -2.15. The third-order valence-electron chi connectivity index (χ3n) is 5.73. The molecule has 1 N–H and O–H groups in total. The number of benzene rings is 3. The number of hydrogen-bond donors (Lipinski definition) is 1. The second-order valence-electron chi connectivity index (χ2n) is 7.89. The Bertz CT molecular complexity index is 1520. The molecule has 10 heteroatoms. The van der Waals surface area contributed by atoms with Gasteiger partial charge in [0.15, 0.2) is 17.3 Å². The Labute approximate surface area is 216 Å². The molecule has 0 saturated heterocycles. The maximum atomic E-state index is 13.9. The number of carbonyl (C=O) groups is 3. The van der Waals surface area contributed by atoms with Gasteiger partial charge in [0, 0.05) is 17.6 Å². The number of rotatable bonds is 9. The number of fused-ring (bicyclic) bond motifs is 1. The van der Waals surface area contributed by atoms with E-state index in [1.807, 2.05) is 0 Å². The molecule has 0 saturated carbocycles. The summed E-state index contributed by atoms with van der Waals surface area (Å²) in [6.07, 6.45) is -0.0103. The van der Waals surface area contributed by atoms with Crippen molar-refractivity contribution in [1.82, 2.24) is 8.75 Å². The monoisotopic (exact) mass is 518 g/mol. The van der Waals surface area contributed by atoms with Crippen LogP contribution >= 0.6 is 11.7 Å². The average molecular weight is 519 g/mol. The normalized spacial score (nSPS) is 11.5. The van der Waals surface area contributed by atoms with E-state index in [-0.39, 0.29) is 23.1 Å². The Morgan fingerprint density at radius 1 is 0.784 bits per heavy atom. The Morgan fingerprint density at radius 2 is 1.43 bits per heavy atom. The number of aromatic nitrogens is 2. The molecule has 0 aliphatic heterocycles. The maximum absolute atomic E-state index is 13.9. The molecule has 37 heavy (non-hydrogen) atoms. The molecular formula is C27H22N2O7S. The summed E-state index contributed by atoms with van der Waals surface area (Å²) in [7, 11) is 4.22. The number of aliphatic carboxylic acids is 1. The van der Waals surface area contributed by atoms with Crippen LogP contribution < -0.4 is 9.47 Å². The largest absolute Gasteiger partial charge is 0.493 e. The lowest BCUT2D eigenvalue weighted by Crippen LogP contribution is -2.14. The minimum atomic E-state index is -1.27. The summed E-state index contributed by atoms with van der Waals surface area (Å²) in [6, 6.07) is 16.0. The predicted octanol–water partition coefficient (Wildman–Crippen LogP) is 4.46. The van der Waals surface area contributed by atoms with Gasteiger partial charge in [-0.25, -0.2) is 9.59 Å². The third kappa shape index (κ3) is 5.34. The number of esters is 1. The van der Waals surface area contributed by atoms with Crippen LogP contribution in [0.25, 0.3) is 16.6 Å². The molecular weight excluding hydrogens is 496 g/mol. The lowest BCUT2D eigenvalue weighted by atomic mass is 9.89. The smallest absolute Gasteiger partial charge is 0.337 e. The van der Waals surface area contributed by atoms with Gasteiger partial charge in [0.25, 0.3) is 0 Å². The minimum Gasteiger partial charge on any atom is -0.493 e. The van der Waals surface area contributed by atoms with Crippen LogP contribution in [0.15, 0.2) is 66.2 Å². The van der Waals surface area contributed by atoms with Gasteiger partial charge < -0.3 is 19.3 Å². The zero-order chi connectivity index (χ0) is 26.5. The quantitative estimate of drug-likeness (QED) is 0.194. The van der Waals surface area contributed by atoms with Gasteiger partial charge in [-0.2, -0.15) is 8.75 Å². The fourth-order valence-electron chi connectivity index (χ4n) is 3.88. The number of ether oxygens (including phenoxy) is 3. The van der Waals surface area contributed by atoms with E-state index in [1.54, 1.807) is 54.6 Å². The summed E-state index contributed by atoms with van der Waals surface area (Å²) in [4.78, 5) is 38.3. The highest BCUT2D eigenvalue weighted by molar-refractivity contribution is 7.00. The summed E-state index contributed by atoms with van der Waals surface area (Å²) in [5.74, 6) is -1.49. The number of ketones is 1. The van der Waals surface area contributed by atoms with Crippen molar-refractivity contribution in [3.8, 4) is 11.5 Å². The fraction of sp³-hybridized carbons (Fsp3) is 0.148. The molecule has 0 amide bonds.